The minimum atomic E-state index is 0.0198. The van der Waals surface area contributed by atoms with Crippen LogP contribution < -0.4 is 10.6 Å². The second-order valence-corrected chi connectivity index (χ2v) is 6.47. The molecule has 1 saturated heterocycles. The van der Waals surface area contributed by atoms with Crippen LogP contribution in [0.15, 0.2) is 27.1 Å². The molecule has 1 aromatic carbocycles. The molecule has 5 heteroatoms. The Bertz CT molecular complexity index is 447. The van der Waals surface area contributed by atoms with Gasteiger partial charge in [0.25, 0.3) is 5.91 Å². The lowest BCUT2D eigenvalue weighted by atomic mass is 10.2. The van der Waals surface area contributed by atoms with Gasteiger partial charge in [0, 0.05) is 33.6 Å². The maximum Gasteiger partial charge on any atom is 0.251 e. The first-order valence-electron chi connectivity index (χ1n) is 5.63. The molecular weight excluding hydrogens is 348 g/mol. The van der Waals surface area contributed by atoms with Crippen molar-refractivity contribution < 1.29 is 4.79 Å². The van der Waals surface area contributed by atoms with Gasteiger partial charge in [0.2, 0.25) is 0 Å². The Hall–Kier alpha value is -0.390. The Kier molecular flexibility index (Phi) is 3.00. The molecular formula is C12H12Br2N2O. The lowest BCUT2D eigenvalue weighted by molar-refractivity contribution is 0.0946. The summed E-state index contributed by atoms with van der Waals surface area (Å²) in [5.74, 6) is 1.32. The molecule has 1 heterocycles. The molecule has 17 heavy (non-hydrogen) atoms. The lowest BCUT2D eigenvalue weighted by Gasteiger charge is -2.08. The van der Waals surface area contributed by atoms with E-state index in [0.717, 1.165) is 22.0 Å². The van der Waals surface area contributed by atoms with Crippen LogP contribution in [0.4, 0.5) is 0 Å². The minimum absolute atomic E-state index is 0.0198. The smallest absolute Gasteiger partial charge is 0.251 e. The van der Waals surface area contributed by atoms with Gasteiger partial charge in [-0.05, 0) is 30.0 Å². The maximum absolute atomic E-state index is 12.1. The molecule has 0 spiro atoms. The topological polar surface area (TPSA) is 41.1 Å². The third-order valence-electron chi connectivity index (χ3n) is 3.51. The summed E-state index contributed by atoms with van der Waals surface area (Å²) in [5.41, 5.74) is 0.698. The molecule has 1 aliphatic carbocycles. The molecule has 3 rings (SSSR count). The van der Waals surface area contributed by atoms with Gasteiger partial charge in [-0.3, -0.25) is 4.79 Å². The Morgan fingerprint density at radius 3 is 2.35 bits per heavy atom. The molecule has 1 aliphatic heterocycles. The first-order valence-corrected chi connectivity index (χ1v) is 7.21. The highest BCUT2D eigenvalue weighted by molar-refractivity contribution is 9.11. The highest BCUT2D eigenvalue weighted by Crippen LogP contribution is 2.41. The Morgan fingerprint density at radius 1 is 1.18 bits per heavy atom. The summed E-state index contributed by atoms with van der Waals surface area (Å²) >= 11 is 6.78. The van der Waals surface area contributed by atoms with E-state index in [4.69, 9.17) is 0 Å². The predicted molar refractivity (Wildman–Crippen MR) is 72.9 cm³/mol. The number of carbonyl (C=O) groups is 1. The molecule has 2 unspecified atom stereocenters. The van der Waals surface area contributed by atoms with Gasteiger partial charge in [0.15, 0.2) is 0 Å². The number of hydrogen-bond acceptors (Lipinski definition) is 2. The summed E-state index contributed by atoms with van der Waals surface area (Å²) in [6.45, 7) is 2.08. The monoisotopic (exact) mass is 358 g/mol. The van der Waals surface area contributed by atoms with Crippen molar-refractivity contribution >= 4 is 37.8 Å². The molecule has 2 fully saturated rings. The summed E-state index contributed by atoms with van der Waals surface area (Å²) < 4.78 is 1.82. The van der Waals surface area contributed by atoms with E-state index in [-0.39, 0.29) is 5.91 Å². The van der Waals surface area contributed by atoms with Crippen molar-refractivity contribution in [2.75, 3.05) is 13.1 Å². The molecule has 2 aliphatic rings. The number of benzene rings is 1. The first kappa shape index (κ1) is 11.7. The van der Waals surface area contributed by atoms with Crippen molar-refractivity contribution in [1.82, 2.24) is 10.6 Å². The molecule has 1 aromatic rings. The van der Waals surface area contributed by atoms with Crippen LogP contribution in [0.25, 0.3) is 0 Å². The number of rotatable bonds is 2. The largest absolute Gasteiger partial charge is 0.349 e. The van der Waals surface area contributed by atoms with Gasteiger partial charge in [-0.25, -0.2) is 0 Å². The highest BCUT2D eigenvalue weighted by atomic mass is 79.9. The first-order chi connectivity index (χ1) is 8.15. The Balaban J connectivity index is 1.69. The average molecular weight is 360 g/mol. The lowest BCUT2D eigenvalue weighted by Crippen LogP contribution is -2.32. The van der Waals surface area contributed by atoms with Crippen molar-refractivity contribution in [3.63, 3.8) is 0 Å². The molecule has 2 N–H and O–H groups in total. The van der Waals surface area contributed by atoms with Gasteiger partial charge in [-0.15, -0.1) is 0 Å². The van der Waals surface area contributed by atoms with E-state index in [9.17, 15) is 4.79 Å². The van der Waals surface area contributed by atoms with Gasteiger partial charge in [0.05, 0.1) is 0 Å². The zero-order valence-electron chi connectivity index (χ0n) is 9.04. The van der Waals surface area contributed by atoms with Crippen molar-refractivity contribution in [2.24, 2.45) is 11.8 Å². The van der Waals surface area contributed by atoms with E-state index in [1.165, 1.54) is 0 Å². The molecule has 1 saturated carbocycles. The van der Waals surface area contributed by atoms with E-state index >= 15 is 0 Å². The van der Waals surface area contributed by atoms with E-state index in [2.05, 4.69) is 42.5 Å². The van der Waals surface area contributed by atoms with E-state index in [0.29, 0.717) is 23.4 Å². The zero-order chi connectivity index (χ0) is 12.0. The maximum atomic E-state index is 12.1. The number of piperidine rings is 1. The number of fused-ring (bicyclic) bond motifs is 1. The summed E-state index contributed by atoms with van der Waals surface area (Å²) in [6.07, 6.45) is 0. The van der Waals surface area contributed by atoms with Gasteiger partial charge >= 0.3 is 0 Å². The van der Waals surface area contributed by atoms with Crippen LogP contribution in [0.5, 0.6) is 0 Å². The van der Waals surface area contributed by atoms with E-state index in [1.807, 2.05) is 18.2 Å². The third kappa shape index (κ3) is 2.28. The fourth-order valence-corrected chi connectivity index (χ4v) is 3.85. The van der Waals surface area contributed by atoms with Crippen molar-refractivity contribution in [3.05, 3.63) is 32.7 Å². The Morgan fingerprint density at radius 2 is 1.76 bits per heavy atom. The average Bonchev–Trinajstić information content (AvgIpc) is 2.73. The van der Waals surface area contributed by atoms with Crippen LogP contribution >= 0.6 is 31.9 Å². The Labute approximate surface area is 117 Å². The number of hydrogen-bond donors (Lipinski definition) is 2. The van der Waals surface area contributed by atoms with Crippen LogP contribution in [-0.2, 0) is 0 Å². The molecule has 0 aromatic heterocycles. The molecule has 0 bridgehead atoms. The van der Waals surface area contributed by atoms with Crippen LogP contribution in [0.2, 0.25) is 0 Å². The van der Waals surface area contributed by atoms with Gasteiger partial charge in [-0.2, -0.15) is 0 Å². The number of carbonyl (C=O) groups excluding carboxylic acids is 1. The van der Waals surface area contributed by atoms with Gasteiger partial charge < -0.3 is 10.6 Å². The highest BCUT2D eigenvalue weighted by Gasteiger charge is 2.53. The summed E-state index contributed by atoms with van der Waals surface area (Å²) in [5, 5.41) is 6.42. The van der Waals surface area contributed by atoms with Crippen LogP contribution in [0.3, 0.4) is 0 Å². The second kappa shape index (κ2) is 4.37. The fraction of sp³-hybridized carbons (Fsp3) is 0.417. The van der Waals surface area contributed by atoms with Gasteiger partial charge in [0.1, 0.15) is 0 Å². The van der Waals surface area contributed by atoms with Gasteiger partial charge in [-0.1, -0.05) is 31.9 Å². The molecule has 2 atom stereocenters. The van der Waals surface area contributed by atoms with Crippen molar-refractivity contribution in [2.45, 2.75) is 6.04 Å². The second-order valence-electron chi connectivity index (χ2n) is 4.64. The molecule has 0 radical (unpaired) electrons. The third-order valence-corrected chi connectivity index (χ3v) is 4.43. The summed E-state index contributed by atoms with van der Waals surface area (Å²) in [6, 6.07) is 5.99. The van der Waals surface area contributed by atoms with Crippen molar-refractivity contribution in [1.29, 1.82) is 0 Å². The minimum Gasteiger partial charge on any atom is -0.349 e. The number of halogens is 2. The SMILES string of the molecule is O=C(NC1C2CNCC21)c1cc(Br)cc(Br)c1. The number of amides is 1. The summed E-state index contributed by atoms with van der Waals surface area (Å²) in [7, 11) is 0. The van der Waals surface area contributed by atoms with E-state index in [1.54, 1.807) is 0 Å². The fourth-order valence-electron chi connectivity index (χ4n) is 2.55. The van der Waals surface area contributed by atoms with Crippen molar-refractivity contribution in [3.8, 4) is 0 Å². The quantitative estimate of drug-likeness (QED) is 0.849. The number of nitrogens with one attached hydrogen (secondary N) is 2. The zero-order valence-corrected chi connectivity index (χ0v) is 12.2. The molecule has 90 valence electrons. The predicted octanol–water partition coefficient (Wildman–Crippen LogP) is 2.16. The van der Waals surface area contributed by atoms with Crippen LogP contribution in [-0.4, -0.2) is 25.0 Å². The molecule has 1 amide bonds. The van der Waals surface area contributed by atoms with Crippen LogP contribution in [0, 0.1) is 11.8 Å². The van der Waals surface area contributed by atoms with Crippen LogP contribution in [0.1, 0.15) is 10.4 Å². The summed E-state index contributed by atoms with van der Waals surface area (Å²) in [4.78, 5) is 12.1. The molecule has 3 nitrogen and oxygen atoms in total. The normalized spacial score (nSPS) is 29.9. The van der Waals surface area contributed by atoms with E-state index < -0.39 is 0 Å². The standard InChI is InChI=1S/C12H12Br2N2O/c13-7-1-6(2-8(14)3-7)12(17)16-11-9-4-15-5-10(9)11/h1-3,9-11,15H,4-5H2,(H,16,17).